The number of nitrogens with zero attached hydrogens (tertiary/aromatic N) is 1. The zero-order valence-corrected chi connectivity index (χ0v) is 18.7. The number of anilines is 1. The van der Waals surface area contributed by atoms with Crippen LogP contribution in [-0.2, 0) is 19.6 Å². The summed E-state index contributed by atoms with van der Waals surface area (Å²) in [4.78, 5) is 24.7. The van der Waals surface area contributed by atoms with Crippen molar-refractivity contribution in [2.24, 2.45) is 0 Å². The van der Waals surface area contributed by atoms with Crippen molar-refractivity contribution >= 4 is 50.0 Å². The van der Waals surface area contributed by atoms with E-state index in [0.717, 1.165) is 23.6 Å². The van der Waals surface area contributed by atoms with Crippen LogP contribution in [-0.4, -0.2) is 44.3 Å². The number of esters is 1. The fraction of sp³-hybridized carbons (Fsp3) is 0.217. The van der Waals surface area contributed by atoms with Crippen LogP contribution in [0.5, 0.6) is 0 Å². The molecule has 0 bridgehead atoms. The number of fused-ring (bicyclic) bond motifs is 1. The monoisotopic (exact) mass is 472 g/mol. The second-order valence-corrected chi connectivity index (χ2v) is 9.72. The topological polar surface area (TPSA) is 92.8 Å². The van der Waals surface area contributed by atoms with E-state index in [-0.39, 0.29) is 15.5 Å². The summed E-state index contributed by atoms with van der Waals surface area (Å²) in [5, 5.41) is 4.60. The summed E-state index contributed by atoms with van der Waals surface area (Å²) in [5.74, 6) is -1.32. The molecule has 1 heterocycles. The molecule has 1 N–H and O–H groups in total. The SMILES string of the molecule is O=C(COC(=O)c1ccc(Cl)c(S(=O)(=O)N2CCCC2)c1)Nc1cccc2ccccc12. The van der Waals surface area contributed by atoms with Crippen LogP contribution in [0.2, 0.25) is 5.02 Å². The first kappa shape index (κ1) is 22.3. The highest BCUT2D eigenvalue weighted by Gasteiger charge is 2.30. The average molecular weight is 473 g/mol. The Kier molecular flexibility index (Phi) is 6.45. The third kappa shape index (κ3) is 4.62. The Morgan fingerprint density at radius 1 is 1.00 bits per heavy atom. The molecule has 32 heavy (non-hydrogen) atoms. The molecule has 9 heteroatoms. The van der Waals surface area contributed by atoms with Gasteiger partial charge in [-0.25, -0.2) is 13.2 Å². The van der Waals surface area contributed by atoms with Crippen LogP contribution < -0.4 is 5.32 Å². The van der Waals surface area contributed by atoms with E-state index in [1.807, 2.05) is 36.4 Å². The number of carbonyl (C=O) groups is 2. The van der Waals surface area contributed by atoms with Crippen molar-refractivity contribution in [3.63, 3.8) is 0 Å². The zero-order chi connectivity index (χ0) is 22.7. The van der Waals surface area contributed by atoms with Gasteiger partial charge in [-0.05, 0) is 42.5 Å². The van der Waals surface area contributed by atoms with Gasteiger partial charge in [0.15, 0.2) is 6.61 Å². The third-order valence-electron chi connectivity index (χ3n) is 5.25. The fourth-order valence-electron chi connectivity index (χ4n) is 3.63. The Morgan fingerprint density at radius 3 is 2.50 bits per heavy atom. The molecule has 3 aromatic rings. The highest BCUT2D eigenvalue weighted by Crippen LogP contribution is 2.28. The van der Waals surface area contributed by atoms with Crippen molar-refractivity contribution < 1.29 is 22.7 Å². The number of halogens is 1. The Bertz CT molecular complexity index is 1280. The van der Waals surface area contributed by atoms with E-state index < -0.39 is 28.5 Å². The second kappa shape index (κ2) is 9.28. The minimum absolute atomic E-state index is 0.00475. The maximum absolute atomic E-state index is 12.8. The first-order chi connectivity index (χ1) is 15.4. The highest BCUT2D eigenvalue weighted by molar-refractivity contribution is 7.89. The van der Waals surface area contributed by atoms with Gasteiger partial charge in [0.25, 0.3) is 5.91 Å². The van der Waals surface area contributed by atoms with Gasteiger partial charge >= 0.3 is 5.97 Å². The first-order valence-corrected chi connectivity index (χ1v) is 11.9. The standard InChI is InChI=1S/C23H21ClN2O5S/c24-19-11-10-17(14-21(19)32(29,30)26-12-3-4-13-26)23(28)31-15-22(27)25-20-9-5-7-16-6-1-2-8-18(16)20/h1-2,5-11,14H,3-4,12-13,15H2,(H,25,27). The van der Waals surface area contributed by atoms with Gasteiger partial charge in [0, 0.05) is 24.2 Å². The molecule has 7 nitrogen and oxygen atoms in total. The first-order valence-electron chi connectivity index (χ1n) is 10.1. The largest absolute Gasteiger partial charge is 0.452 e. The van der Waals surface area contributed by atoms with E-state index >= 15 is 0 Å². The molecule has 0 radical (unpaired) electrons. The van der Waals surface area contributed by atoms with Crippen LogP contribution in [0.15, 0.2) is 65.6 Å². The quantitative estimate of drug-likeness (QED) is 0.546. The molecule has 0 saturated carbocycles. The molecular formula is C23H21ClN2O5S. The molecule has 1 aliphatic heterocycles. The summed E-state index contributed by atoms with van der Waals surface area (Å²) in [6, 6.07) is 17.0. The van der Waals surface area contributed by atoms with Crippen LogP contribution in [0.4, 0.5) is 5.69 Å². The predicted molar refractivity (Wildman–Crippen MR) is 122 cm³/mol. The number of hydrogen-bond acceptors (Lipinski definition) is 5. The van der Waals surface area contributed by atoms with Crippen LogP contribution >= 0.6 is 11.6 Å². The molecule has 0 atom stereocenters. The number of sulfonamides is 1. The maximum Gasteiger partial charge on any atom is 0.338 e. The minimum atomic E-state index is -3.80. The molecule has 4 rings (SSSR count). The Labute approximate surface area is 191 Å². The fourth-order valence-corrected chi connectivity index (χ4v) is 5.65. The Balaban J connectivity index is 1.44. The minimum Gasteiger partial charge on any atom is -0.452 e. The van der Waals surface area contributed by atoms with E-state index in [2.05, 4.69) is 5.32 Å². The Hall–Kier alpha value is -2.94. The van der Waals surface area contributed by atoms with Crippen molar-refractivity contribution in [2.45, 2.75) is 17.7 Å². The molecule has 0 aliphatic carbocycles. The molecule has 1 saturated heterocycles. The predicted octanol–water partition coefficient (Wildman–Crippen LogP) is 4.07. The summed E-state index contributed by atoms with van der Waals surface area (Å²) < 4.78 is 32.1. The van der Waals surface area contributed by atoms with E-state index in [1.54, 1.807) is 6.07 Å². The average Bonchev–Trinajstić information content (AvgIpc) is 3.34. The van der Waals surface area contributed by atoms with Gasteiger partial charge in [-0.3, -0.25) is 4.79 Å². The van der Waals surface area contributed by atoms with Crippen molar-refractivity contribution in [2.75, 3.05) is 25.0 Å². The number of nitrogens with one attached hydrogen (secondary N) is 1. The molecule has 1 amide bonds. The number of amides is 1. The van der Waals surface area contributed by atoms with Crippen LogP contribution in [0.1, 0.15) is 23.2 Å². The lowest BCUT2D eigenvalue weighted by Gasteiger charge is -2.17. The summed E-state index contributed by atoms with van der Waals surface area (Å²) in [7, 11) is -3.80. The summed E-state index contributed by atoms with van der Waals surface area (Å²) >= 11 is 6.11. The van der Waals surface area contributed by atoms with Crippen molar-refractivity contribution in [1.29, 1.82) is 0 Å². The zero-order valence-electron chi connectivity index (χ0n) is 17.1. The Morgan fingerprint density at radius 2 is 1.72 bits per heavy atom. The van der Waals surface area contributed by atoms with Crippen molar-refractivity contribution in [3.05, 3.63) is 71.2 Å². The van der Waals surface area contributed by atoms with Crippen LogP contribution in [0.25, 0.3) is 10.8 Å². The molecule has 0 unspecified atom stereocenters. The second-order valence-electron chi connectivity index (χ2n) is 7.41. The lowest BCUT2D eigenvalue weighted by molar-refractivity contribution is -0.119. The molecule has 0 aromatic heterocycles. The van der Waals surface area contributed by atoms with Gasteiger partial charge in [-0.2, -0.15) is 4.31 Å². The van der Waals surface area contributed by atoms with Crippen molar-refractivity contribution in [1.82, 2.24) is 4.31 Å². The molecule has 166 valence electrons. The van der Waals surface area contributed by atoms with Gasteiger partial charge in [0.1, 0.15) is 4.90 Å². The molecule has 0 spiro atoms. The van der Waals surface area contributed by atoms with Gasteiger partial charge in [0.05, 0.1) is 10.6 Å². The summed E-state index contributed by atoms with van der Waals surface area (Å²) in [6.07, 6.45) is 1.56. The number of rotatable bonds is 6. The normalized spacial score (nSPS) is 14.4. The maximum atomic E-state index is 12.8. The van der Waals surface area contributed by atoms with E-state index in [4.69, 9.17) is 16.3 Å². The van der Waals surface area contributed by atoms with Crippen LogP contribution in [0.3, 0.4) is 0 Å². The van der Waals surface area contributed by atoms with E-state index in [9.17, 15) is 18.0 Å². The summed E-state index contributed by atoms with van der Waals surface area (Å²) in [5.41, 5.74) is 0.611. The number of ether oxygens (including phenoxy) is 1. The number of carbonyl (C=O) groups excluding carboxylic acids is 2. The van der Waals surface area contributed by atoms with Crippen LogP contribution in [0, 0.1) is 0 Å². The molecule has 1 fully saturated rings. The number of hydrogen-bond donors (Lipinski definition) is 1. The molecule has 1 aliphatic rings. The number of benzene rings is 3. The molecular weight excluding hydrogens is 452 g/mol. The van der Waals surface area contributed by atoms with E-state index in [1.165, 1.54) is 22.5 Å². The third-order valence-corrected chi connectivity index (χ3v) is 7.63. The lowest BCUT2D eigenvalue weighted by atomic mass is 10.1. The van der Waals surface area contributed by atoms with Gasteiger partial charge in [-0.1, -0.05) is 48.0 Å². The lowest BCUT2D eigenvalue weighted by Crippen LogP contribution is -2.28. The van der Waals surface area contributed by atoms with Gasteiger partial charge in [0.2, 0.25) is 10.0 Å². The van der Waals surface area contributed by atoms with Gasteiger partial charge < -0.3 is 10.1 Å². The smallest absolute Gasteiger partial charge is 0.338 e. The van der Waals surface area contributed by atoms with Gasteiger partial charge in [-0.15, -0.1) is 0 Å². The summed E-state index contributed by atoms with van der Waals surface area (Å²) in [6.45, 7) is 0.322. The van der Waals surface area contributed by atoms with E-state index in [0.29, 0.717) is 18.8 Å². The highest BCUT2D eigenvalue weighted by atomic mass is 35.5. The van der Waals surface area contributed by atoms with Crippen molar-refractivity contribution in [3.8, 4) is 0 Å². The molecule has 3 aromatic carbocycles.